The van der Waals surface area contributed by atoms with Gasteiger partial charge in [-0.25, -0.2) is 9.78 Å². The van der Waals surface area contributed by atoms with Crippen molar-refractivity contribution in [2.24, 2.45) is 0 Å². The smallest absolute Gasteiger partial charge is 0.343 e. The third kappa shape index (κ3) is 4.79. The number of methoxy groups -OCH3 is 1. The highest BCUT2D eigenvalue weighted by atomic mass is 16.5. The van der Waals surface area contributed by atoms with Crippen molar-refractivity contribution in [3.05, 3.63) is 77.0 Å². The van der Waals surface area contributed by atoms with Gasteiger partial charge in [0.15, 0.2) is 11.6 Å². The molecule has 186 valence electrons. The van der Waals surface area contributed by atoms with Gasteiger partial charge in [0.1, 0.15) is 16.8 Å². The highest BCUT2D eigenvalue weighted by Crippen LogP contribution is 2.30. The average Bonchev–Trinajstić information content (AvgIpc) is 3.27. The summed E-state index contributed by atoms with van der Waals surface area (Å²) in [4.78, 5) is 30.7. The SMILES string of the molecule is CCOC(=O)c1cnn(-c2cc(C)c3cccc(OC)c3n2)c1NC(=O)c1ccc(C(C)(C)C)cc1. The molecule has 0 aliphatic carbocycles. The summed E-state index contributed by atoms with van der Waals surface area (Å²) < 4.78 is 12.1. The van der Waals surface area contributed by atoms with Gasteiger partial charge in [-0.15, -0.1) is 0 Å². The summed E-state index contributed by atoms with van der Waals surface area (Å²) in [6.45, 7) is 10.2. The van der Waals surface area contributed by atoms with Crippen LogP contribution in [-0.4, -0.2) is 40.4 Å². The number of anilines is 1. The first-order valence-corrected chi connectivity index (χ1v) is 11.8. The lowest BCUT2D eigenvalue weighted by Crippen LogP contribution is -2.19. The van der Waals surface area contributed by atoms with Crippen LogP contribution in [0, 0.1) is 6.92 Å². The number of hydrogen-bond acceptors (Lipinski definition) is 6. The van der Waals surface area contributed by atoms with Gasteiger partial charge in [-0.3, -0.25) is 4.79 Å². The molecule has 2 heterocycles. The van der Waals surface area contributed by atoms with Crippen molar-refractivity contribution in [2.75, 3.05) is 19.0 Å². The van der Waals surface area contributed by atoms with Crippen LogP contribution >= 0.6 is 0 Å². The number of pyridine rings is 1. The van der Waals surface area contributed by atoms with E-state index in [9.17, 15) is 9.59 Å². The van der Waals surface area contributed by atoms with E-state index in [4.69, 9.17) is 14.5 Å². The highest BCUT2D eigenvalue weighted by Gasteiger charge is 2.24. The Kier molecular flexibility index (Phi) is 6.79. The maximum Gasteiger partial charge on any atom is 0.343 e. The molecule has 4 rings (SSSR count). The number of aromatic nitrogens is 3. The largest absolute Gasteiger partial charge is 0.494 e. The van der Waals surface area contributed by atoms with Crippen LogP contribution in [0.5, 0.6) is 5.75 Å². The normalized spacial score (nSPS) is 11.4. The van der Waals surface area contributed by atoms with Crippen molar-refractivity contribution in [1.29, 1.82) is 0 Å². The van der Waals surface area contributed by atoms with Crippen molar-refractivity contribution in [1.82, 2.24) is 14.8 Å². The minimum Gasteiger partial charge on any atom is -0.494 e. The Balaban J connectivity index is 1.79. The Morgan fingerprint density at radius 1 is 1.08 bits per heavy atom. The topological polar surface area (TPSA) is 95.3 Å². The predicted octanol–water partition coefficient (Wildman–Crippen LogP) is 5.46. The van der Waals surface area contributed by atoms with Crippen LogP contribution in [0.2, 0.25) is 0 Å². The van der Waals surface area contributed by atoms with Gasteiger partial charge in [0.05, 0.1) is 19.9 Å². The predicted molar refractivity (Wildman–Crippen MR) is 139 cm³/mol. The Bertz CT molecular complexity index is 1430. The van der Waals surface area contributed by atoms with Crippen LogP contribution in [0.1, 0.15) is 59.5 Å². The van der Waals surface area contributed by atoms with E-state index >= 15 is 0 Å². The van der Waals surface area contributed by atoms with Crippen molar-refractivity contribution >= 4 is 28.6 Å². The molecule has 0 spiro atoms. The number of rotatable bonds is 6. The monoisotopic (exact) mass is 486 g/mol. The van der Waals surface area contributed by atoms with Crippen LogP contribution in [0.25, 0.3) is 16.7 Å². The number of nitrogens with one attached hydrogen (secondary N) is 1. The number of carbonyl (C=O) groups is 2. The van der Waals surface area contributed by atoms with E-state index in [2.05, 4.69) is 31.2 Å². The van der Waals surface area contributed by atoms with E-state index in [-0.39, 0.29) is 29.3 Å². The first kappa shape index (κ1) is 24.9. The molecule has 0 atom stereocenters. The average molecular weight is 487 g/mol. The van der Waals surface area contributed by atoms with Gasteiger partial charge in [0.2, 0.25) is 0 Å². The van der Waals surface area contributed by atoms with E-state index < -0.39 is 5.97 Å². The summed E-state index contributed by atoms with van der Waals surface area (Å²) in [5, 5.41) is 8.17. The summed E-state index contributed by atoms with van der Waals surface area (Å²) >= 11 is 0. The number of fused-ring (bicyclic) bond motifs is 1. The minimum atomic E-state index is -0.586. The molecule has 2 aromatic heterocycles. The summed E-state index contributed by atoms with van der Waals surface area (Å²) in [5.74, 6) is 0.257. The van der Waals surface area contributed by atoms with Gasteiger partial charge in [0, 0.05) is 10.9 Å². The van der Waals surface area contributed by atoms with E-state index in [1.54, 1.807) is 26.2 Å². The summed E-state index contributed by atoms with van der Waals surface area (Å²) in [5.41, 5.74) is 3.26. The van der Waals surface area contributed by atoms with Crippen LogP contribution in [0.3, 0.4) is 0 Å². The molecule has 0 unspecified atom stereocenters. The summed E-state index contributed by atoms with van der Waals surface area (Å²) in [7, 11) is 1.59. The molecule has 0 saturated heterocycles. The fraction of sp³-hybridized carbons (Fsp3) is 0.286. The number of amides is 1. The van der Waals surface area contributed by atoms with Crippen molar-refractivity contribution in [2.45, 2.75) is 40.0 Å². The number of hydrogen-bond donors (Lipinski definition) is 1. The molecule has 2 aromatic carbocycles. The fourth-order valence-corrected chi connectivity index (χ4v) is 3.95. The zero-order valence-corrected chi connectivity index (χ0v) is 21.4. The molecule has 0 aliphatic rings. The van der Waals surface area contributed by atoms with E-state index in [1.807, 2.05) is 43.3 Å². The minimum absolute atomic E-state index is 0.0363. The van der Waals surface area contributed by atoms with E-state index in [0.717, 1.165) is 16.5 Å². The van der Waals surface area contributed by atoms with Crippen LogP contribution in [0.15, 0.2) is 54.7 Å². The number of carbonyl (C=O) groups excluding carboxylic acids is 2. The molecule has 8 nitrogen and oxygen atoms in total. The van der Waals surface area contributed by atoms with Crippen LogP contribution in [0.4, 0.5) is 5.82 Å². The fourth-order valence-electron chi connectivity index (χ4n) is 3.95. The Morgan fingerprint density at radius 3 is 2.44 bits per heavy atom. The second kappa shape index (κ2) is 9.81. The van der Waals surface area contributed by atoms with E-state index in [0.29, 0.717) is 22.6 Å². The molecule has 0 aliphatic heterocycles. The molecule has 4 aromatic rings. The molecule has 0 radical (unpaired) electrons. The van der Waals surface area contributed by atoms with Gasteiger partial charge in [-0.2, -0.15) is 9.78 Å². The lowest BCUT2D eigenvalue weighted by atomic mass is 9.87. The van der Waals surface area contributed by atoms with Crippen molar-refractivity contribution < 1.29 is 19.1 Å². The first-order valence-electron chi connectivity index (χ1n) is 11.8. The number of nitrogens with zero attached hydrogens (tertiary/aromatic N) is 3. The number of esters is 1. The molecular formula is C28H30N4O4. The molecular weight excluding hydrogens is 456 g/mol. The third-order valence-corrected chi connectivity index (χ3v) is 5.94. The number of ether oxygens (including phenoxy) is 2. The molecule has 0 saturated carbocycles. The maximum absolute atomic E-state index is 13.2. The van der Waals surface area contributed by atoms with Gasteiger partial charge in [-0.05, 0) is 54.7 Å². The van der Waals surface area contributed by atoms with Gasteiger partial charge < -0.3 is 14.8 Å². The Morgan fingerprint density at radius 2 is 1.81 bits per heavy atom. The Labute approximate surface area is 210 Å². The number of benzene rings is 2. The molecule has 8 heteroatoms. The highest BCUT2D eigenvalue weighted by molar-refractivity contribution is 6.07. The summed E-state index contributed by atoms with van der Waals surface area (Å²) in [6.07, 6.45) is 1.37. The lowest BCUT2D eigenvalue weighted by Gasteiger charge is -2.19. The third-order valence-electron chi connectivity index (χ3n) is 5.94. The van der Waals surface area contributed by atoms with Crippen LogP contribution in [-0.2, 0) is 10.2 Å². The van der Waals surface area contributed by atoms with Gasteiger partial charge in [-0.1, -0.05) is 45.0 Å². The molecule has 36 heavy (non-hydrogen) atoms. The molecule has 1 amide bonds. The quantitative estimate of drug-likeness (QED) is 0.364. The number of aryl methyl sites for hydroxylation is 1. The lowest BCUT2D eigenvalue weighted by molar-refractivity contribution is 0.0527. The number of para-hydroxylation sites is 1. The standard InChI is InChI=1S/C28H30N4O4/c1-7-36-27(34)21-16-29-32(23-15-17(2)20-9-8-10-22(35-6)24(20)30-23)25(21)31-26(33)18-11-13-19(14-12-18)28(3,4)5/h8-16H,7H2,1-6H3,(H,31,33). The zero-order chi connectivity index (χ0) is 26.0. The summed E-state index contributed by atoms with van der Waals surface area (Å²) in [6, 6.07) is 14.9. The second-order valence-electron chi connectivity index (χ2n) is 9.47. The molecule has 0 bridgehead atoms. The Hall–Kier alpha value is -4.20. The van der Waals surface area contributed by atoms with Gasteiger partial charge in [0.25, 0.3) is 5.91 Å². The van der Waals surface area contributed by atoms with Crippen LogP contribution < -0.4 is 10.1 Å². The first-order chi connectivity index (χ1) is 17.1. The second-order valence-corrected chi connectivity index (χ2v) is 9.47. The molecule has 1 N–H and O–H groups in total. The molecule has 0 fully saturated rings. The van der Waals surface area contributed by atoms with E-state index in [1.165, 1.54) is 10.9 Å². The van der Waals surface area contributed by atoms with Gasteiger partial charge >= 0.3 is 5.97 Å². The van der Waals surface area contributed by atoms with Crippen molar-refractivity contribution in [3.63, 3.8) is 0 Å². The maximum atomic E-state index is 13.2. The van der Waals surface area contributed by atoms with Crippen molar-refractivity contribution in [3.8, 4) is 11.6 Å². The zero-order valence-electron chi connectivity index (χ0n) is 21.4.